The van der Waals surface area contributed by atoms with Crippen LogP contribution in [-0.4, -0.2) is 14.4 Å². The molecule has 2 heteroatoms. The maximum atomic E-state index is 7.10. The van der Waals surface area contributed by atoms with E-state index in [1.807, 2.05) is 0 Å². The van der Waals surface area contributed by atoms with E-state index in [2.05, 4.69) is 33.9 Å². The van der Waals surface area contributed by atoms with Crippen LogP contribution in [0.5, 0.6) is 0 Å². The van der Waals surface area contributed by atoms with Gasteiger partial charge in [0.05, 0.1) is 6.10 Å². The van der Waals surface area contributed by atoms with E-state index in [9.17, 15) is 0 Å². The van der Waals surface area contributed by atoms with E-state index in [0.717, 1.165) is 35.5 Å². The van der Waals surface area contributed by atoms with Gasteiger partial charge in [-0.2, -0.15) is 0 Å². The largest absolute Gasteiger partial charge is 0.413 e. The first kappa shape index (κ1) is 15.7. The molecule has 1 nitrogen and oxygen atoms in total. The summed E-state index contributed by atoms with van der Waals surface area (Å²) in [5.41, 5.74) is 0. The second kappa shape index (κ2) is 5.08. The van der Waals surface area contributed by atoms with Gasteiger partial charge in [0.25, 0.3) is 0 Å². The molecule has 0 aromatic rings. The predicted molar refractivity (Wildman–Crippen MR) is 95.3 cm³/mol. The SMILES string of the molecule is CC(C)(C)[Si](C)(C)OC1[C@H]2[C@@H]3CCCCC[C@@H]3[C@@H]1[C@H]1CC[C@H]12. The van der Waals surface area contributed by atoms with Crippen LogP contribution in [0.3, 0.4) is 0 Å². The molecule has 0 spiro atoms. The van der Waals surface area contributed by atoms with Gasteiger partial charge in [-0.05, 0) is 79.3 Å². The molecular formula is C20H36OSi. The third-order valence-corrected chi connectivity index (χ3v) is 13.0. The van der Waals surface area contributed by atoms with Crippen molar-refractivity contribution in [3.63, 3.8) is 0 Å². The lowest BCUT2D eigenvalue weighted by Gasteiger charge is -2.46. The molecule has 2 bridgehead atoms. The molecule has 0 saturated heterocycles. The fourth-order valence-corrected chi connectivity index (χ4v) is 7.72. The third kappa shape index (κ3) is 2.12. The molecule has 7 atom stereocenters. The van der Waals surface area contributed by atoms with Gasteiger partial charge in [-0.3, -0.25) is 0 Å². The second-order valence-corrected chi connectivity index (χ2v) is 15.1. The molecule has 0 aromatic heterocycles. The number of rotatable bonds is 2. The van der Waals surface area contributed by atoms with Crippen molar-refractivity contribution in [2.45, 2.75) is 90.0 Å². The zero-order chi connectivity index (χ0) is 15.7. The predicted octanol–water partition coefficient (Wildman–Crippen LogP) is 5.86. The lowest BCUT2D eigenvalue weighted by molar-refractivity contribution is 0.0188. The molecular weight excluding hydrogens is 284 g/mol. The zero-order valence-electron chi connectivity index (χ0n) is 15.4. The van der Waals surface area contributed by atoms with Gasteiger partial charge in [0, 0.05) is 0 Å². The summed E-state index contributed by atoms with van der Waals surface area (Å²) in [5.74, 6) is 6.06. The molecule has 4 saturated carbocycles. The first-order valence-electron chi connectivity index (χ1n) is 9.99. The van der Waals surface area contributed by atoms with Crippen LogP contribution in [0.1, 0.15) is 65.7 Å². The van der Waals surface area contributed by atoms with E-state index in [0.29, 0.717) is 11.1 Å². The average Bonchev–Trinajstić information content (AvgIpc) is 2.66. The van der Waals surface area contributed by atoms with Gasteiger partial charge < -0.3 is 4.43 Å². The Hall–Kier alpha value is 0.177. The van der Waals surface area contributed by atoms with Crippen molar-refractivity contribution in [1.29, 1.82) is 0 Å². The van der Waals surface area contributed by atoms with Gasteiger partial charge >= 0.3 is 0 Å². The number of hydrogen-bond donors (Lipinski definition) is 0. The molecule has 4 aliphatic rings. The quantitative estimate of drug-likeness (QED) is 0.579. The molecule has 4 rings (SSSR count). The fourth-order valence-electron chi connectivity index (χ4n) is 6.37. The topological polar surface area (TPSA) is 9.23 Å². The summed E-state index contributed by atoms with van der Waals surface area (Å²) >= 11 is 0. The molecule has 1 unspecified atom stereocenters. The summed E-state index contributed by atoms with van der Waals surface area (Å²) in [4.78, 5) is 0. The Kier molecular flexibility index (Phi) is 3.63. The van der Waals surface area contributed by atoms with Crippen molar-refractivity contribution in [2.24, 2.45) is 35.5 Å². The molecule has 126 valence electrons. The normalized spacial score (nSPS) is 47.6. The Morgan fingerprint density at radius 1 is 0.727 bits per heavy atom. The first-order chi connectivity index (χ1) is 10.3. The van der Waals surface area contributed by atoms with Crippen molar-refractivity contribution >= 4 is 8.32 Å². The van der Waals surface area contributed by atoms with Gasteiger partial charge in [0.15, 0.2) is 8.32 Å². The number of fused-ring (bicyclic) bond motifs is 8. The molecule has 0 aromatic carbocycles. The standard InChI is InChI=1S/C20H36OSi/c1-20(2,3)22(4,5)21-19-17-13-9-7-6-8-10-14(13)18(19)16-12-11-15(16)17/h13-19H,6-12H2,1-5H3/t13-,14+,15-,16+,17+,18-,19?. The van der Waals surface area contributed by atoms with Crippen LogP contribution in [0.15, 0.2) is 0 Å². The van der Waals surface area contributed by atoms with E-state index in [-0.39, 0.29) is 0 Å². The van der Waals surface area contributed by atoms with Gasteiger partial charge in [0.1, 0.15) is 0 Å². The van der Waals surface area contributed by atoms with Crippen molar-refractivity contribution in [3.05, 3.63) is 0 Å². The minimum atomic E-state index is -1.62. The molecule has 0 N–H and O–H groups in total. The Bertz CT molecular complexity index is 411. The molecule has 0 aliphatic heterocycles. The van der Waals surface area contributed by atoms with Crippen LogP contribution in [0.25, 0.3) is 0 Å². The van der Waals surface area contributed by atoms with Crippen molar-refractivity contribution in [3.8, 4) is 0 Å². The molecule has 4 fully saturated rings. The summed E-state index contributed by atoms with van der Waals surface area (Å²) in [6, 6.07) is 0. The second-order valence-electron chi connectivity index (χ2n) is 10.4. The highest BCUT2D eigenvalue weighted by atomic mass is 28.4. The monoisotopic (exact) mass is 320 g/mol. The third-order valence-electron chi connectivity index (χ3n) is 8.48. The Balaban J connectivity index is 1.61. The summed E-state index contributed by atoms with van der Waals surface area (Å²) in [6.07, 6.45) is 11.2. The van der Waals surface area contributed by atoms with E-state index in [1.165, 1.54) is 44.9 Å². The summed E-state index contributed by atoms with van der Waals surface area (Å²) in [6.45, 7) is 12.2. The van der Waals surface area contributed by atoms with E-state index < -0.39 is 8.32 Å². The van der Waals surface area contributed by atoms with Crippen LogP contribution >= 0.6 is 0 Å². The summed E-state index contributed by atoms with van der Waals surface area (Å²) < 4.78 is 7.10. The molecule has 4 aliphatic carbocycles. The highest BCUT2D eigenvalue weighted by molar-refractivity contribution is 6.74. The van der Waals surface area contributed by atoms with Gasteiger partial charge in [-0.15, -0.1) is 0 Å². The lowest BCUT2D eigenvalue weighted by atomic mass is 9.58. The highest BCUT2D eigenvalue weighted by Gasteiger charge is 2.66. The smallest absolute Gasteiger partial charge is 0.192 e. The summed E-state index contributed by atoms with van der Waals surface area (Å²) in [5, 5.41) is 0.357. The number of hydrogen-bond acceptors (Lipinski definition) is 1. The minimum absolute atomic E-state index is 0.357. The Morgan fingerprint density at radius 2 is 1.18 bits per heavy atom. The van der Waals surface area contributed by atoms with Crippen LogP contribution in [0.4, 0.5) is 0 Å². The average molecular weight is 321 g/mol. The van der Waals surface area contributed by atoms with Gasteiger partial charge in [-0.1, -0.05) is 40.0 Å². The van der Waals surface area contributed by atoms with Gasteiger partial charge in [-0.25, -0.2) is 0 Å². The lowest BCUT2D eigenvalue weighted by Crippen LogP contribution is -2.45. The molecule has 0 amide bonds. The summed E-state index contributed by atoms with van der Waals surface area (Å²) in [7, 11) is -1.62. The van der Waals surface area contributed by atoms with Crippen molar-refractivity contribution in [1.82, 2.24) is 0 Å². The van der Waals surface area contributed by atoms with Crippen LogP contribution < -0.4 is 0 Å². The van der Waals surface area contributed by atoms with Crippen LogP contribution in [-0.2, 0) is 4.43 Å². The molecule has 0 radical (unpaired) electrons. The van der Waals surface area contributed by atoms with Crippen LogP contribution in [0, 0.1) is 35.5 Å². The Morgan fingerprint density at radius 3 is 1.59 bits per heavy atom. The highest BCUT2D eigenvalue weighted by Crippen LogP contribution is 2.69. The van der Waals surface area contributed by atoms with E-state index in [1.54, 1.807) is 0 Å². The first-order valence-corrected chi connectivity index (χ1v) is 12.9. The van der Waals surface area contributed by atoms with E-state index in [4.69, 9.17) is 4.43 Å². The zero-order valence-corrected chi connectivity index (χ0v) is 16.4. The van der Waals surface area contributed by atoms with E-state index >= 15 is 0 Å². The van der Waals surface area contributed by atoms with Crippen molar-refractivity contribution in [2.75, 3.05) is 0 Å². The van der Waals surface area contributed by atoms with Gasteiger partial charge in [0.2, 0.25) is 0 Å². The molecule has 0 heterocycles. The van der Waals surface area contributed by atoms with Crippen LogP contribution in [0.2, 0.25) is 18.1 Å². The van der Waals surface area contributed by atoms with Crippen molar-refractivity contribution < 1.29 is 4.43 Å². The maximum absolute atomic E-state index is 7.10. The maximum Gasteiger partial charge on any atom is 0.192 e. The minimum Gasteiger partial charge on any atom is -0.413 e. The molecule has 22 heavy (non-hydrogen) atoms. The Labute approximate surface area is 138 Å². The fraction of sp³-hybridized carbons (Fsp3) is 1.00.